The molecule has 124 valence electrons. The highest BCUT2D eigenvalue weighted by Crippen LogP contribution is 2.60. The SMILES string of the molecule is O=C1c2ccccc2C(=O)C1OC(=O)C12CC3CC(CC(C3)C1)C2. The van der Waals surface area contributed by atoms with Crippen LogP contribution < -0.4 is 0 Å². The van der Waals surface area contributed by atoms with E-state index in [-0.39, 0.29) is 17.5 Å². The van der Waals surface area contributed by atoms with Crippen LogP contribution in [0.1, 0.15) is 59.2 Å². The van der Waals surface area contributed by atoms with Gasteiger partial charge < -0.3 is 4.74 Å². The molecule has 0 aliphatic heterocycles. The van der Waals surface area contributed by atoms with E-state index in [9.17, 15) is 14.4 Å². The third-order valence-electron chi connectivity index (χ3n) is 6.63. The Hall–Kier alpha value is -1.97. The number of rotatable bonds is 2. The second-order valence-corrected chi connectivity index (χ2v) is 8.26. The average molecular weight is 324 g/mol. The average Bonchev–Trinajstić information content (AvgIpc) is 2.79. The van der Waals surface area contributed by atoms with E-state index in [0.29, 0.717) is 28.9 Å². The maximum atomic E-state index is 13.0. The summed E-state index contributed by atoms with van der Waals surface area (Å²) in [5.41, 5.74) is 0.320. The molecule has 0 N–H and O–H groups in total. The fraction of sp³-hybridized carbons (Fsp3) is 0.550. The third kappa shape index (κ3) is 1.89. The van der Waals surface area contributed by atoms with Gasteiger partial charge in [0.25, 0.3) is 0 Å². The van der Waals surface area contributed by atoms with E-state index in [1.54, 1.807) is 24.3 Å². The van der Waals surface area contributed by atoms with E-state index in [1.165, 1.54) is 19.3 Å². The van der Waals surface area contributed by atoms with Crippen molar-refractivity contribution in [2.45, 2.75) is 44.6 Å². The molecule has 4 saturated carbocycles. The van der Waals surface area contributed by atoms with Crippen LogP contribution in [0.25, 0.3) is 0 Å². The number of carbonyl (C=O) groups is 3. The molecular formula is C20H20O4. The minimum atomic E-state index is -1.26. The maximum Gasteiger partial charge on any atom is 0.313 e. The molecule has 5 aliphatic rings. The number of hydrogen-bond donors (Lipinski definition) is 0. The van der Waals surface area contributed by atoms with Crippen molar-refractivity contribution in [2.24, 2.45) is 23.2 Å². The molecule has 0 aromatic heterocycles. The van der Waals surface area contributed by atoms with Crippen molar-refractivity contribution in [1.82, 2.24) is 0 Å². The molecule has 5 aliphatic carbocycles. The number of ketones is 2. The van der Waals surface area contributed by atoms with E-state index in [0.717, 1.165) is 19.3 Å². The zero-order valence-corrected chi connectivity index (χ0v) is 13.5. The summed E-state index contributed by atoms with van der Waals surface area (Å²) in [5.74, 6) is 0.825. The summed E-state index contributed by atoms with van der Waals surface area (Å²) in [6.45, 7) is 0. The molecular weight excluding hydrogens is 304 g/mol. The third-order valence-corrected chi connectivity index (χ3v) is 6.63. The Labute approximate surface area is 140 Å². The zero-order chi connectivity index (χ0) is 16.5. The molecule has 0 radical (unpaired) electrons. The Morgan fingerprint density at radius 3 is 1.79 bits per heavy atom. The van der Waals surface area contributed by atoms with Crippen LogP contribution in [0.2, 0.25) is 0 Å². The smallest absolute Gasteiger partial charge is 0.313 e. The van der Waals surface area contributed by atoms with E-state index < -0.39 is 11.5 Å². The van der Waals surface area contributed by atoms with Gasteiger partial charge in [0.15, 0.2) is 0 Å². The van der Waals surface area contributed by atoms with Crippen molar-refractivity contribution in [2.75, 3.05) is 0 Å². The highest BCUT2D eigenvalue weighted by molar-refractivity contribution is 6.29. The summed E-state index contributed by atoms with van der Waals surface area (Å²) in [6, 6.07) is 6.73. The summed E-state index contributed by atoms with van der Waals surface area (Å²) in [7, 11) is 0. The Bertz CT molecular complexity index is 692. The predicted molar refractivity (Wildman–Crippen MR) is 85.6 cm³/mol. The van der Waals surface area contributed by atoms with Gasteiger partial charge in [-0.1, -0.05) is 24.3 Å². The number of esters is 1. The van der Waals surface area contributed by atoms with Crippen LogP contribution in [0.3, 0.4) is 0 Å². The molecule has 1 aromatic rings. The number of fused-ring (bicyclic) bond motifs is 1. The van der Waals surface area contributed by atoms with Gasteiger partial charge in [0.2, 0.25) is 17.7 Å². The minimum absolute atomic E-state index is 0.305. The van der Waals surface area contributed by atoms with Gasteiger partial charge in [-0.05, 0) is 56.3 Å². The molecule has 4 heteroatoms. The Balaban J connectivity index is 1.40. The fourth-order valence-electron chi connectivity index (χ4n) is 6.01. The normalized spacial score (nSPS) is 36.9. The lowest BCUT2D eigenvalue weighted by atomic mass is 9.49. The first kappa shape index (κ1) is 14.4. The van der Waals surface area contributed by atoms with Crippen LogP contribution in [0.15, 0.2) is 24.3 Å². The van der Waals surface area contributed by atoms with E-state index in [4.69, 9.17) is 4.74 Å². The fourth-order valence-corrected chi connectivity index (χ4v) is 6.01. The molecule has 24 heavy (non-hydrogen) atoms. The standard InChI is InChI=1S/C20H20O4/c21-16-14-3-1-2-4-15(14)17(22)18(16)24-19(23)20-8-11-5-12(9-20)7-13(6-11)10-20/h1-4,11-13,18H,5-10H2. The Kier molecular flexibility index (Phi) is 2.86. The summed E-state index contributed by atoms with van der Waals surface area (Å²) >= 11 is 0. The Morgan fingerprint density at radius 2 is 1.33 bits per heavy atom. The van der Waals surface area contributed by atoms with Gasteiger partial charge in [0, 0.05) is 11.1 Å². The van der Waals surface area contributed by atoms with Crippen molar-refractivity contribution < 1.29 is 19.1 Å². The quantitative estimate of drug-likeness (QED) is 0.619. The van der Waals surface area contributed by atoms with Gasteiger partial charge in [-0.3, -0.25) is 14.4 Å². The van der Waals surface area contributed by atoms with E-state index >= 15 is 0 Å². The van der Waals surface area contributed by atoms with Crippen LogP contribution in [0.4, 0.5) is 0 Å². The van der Waals surface area contributed by atoms with Gasteiger partial charge in [0.05, 0.1) is 5.41 Å². The lowest BCUT2D eigenvalue weighted by molar-refractivity contribution is -0.173. The van der Waals surface area contributed by atoms with Crippen LogP contribution in [0, 0.1) is 23.2 Å². The van der Waals surface area contributed by atoms with Crippen LogP contribution in [0.5, 0.6) is 0 Å². The first-order valence-corrected chi connectivity index (χ1v) is 8.94. The van der Waals surface area contributed by atoms with Crippen molar-refractivity contribution in [3.63, 3.8) is 0 Å². The number of benzene rings is 1. The second-order valence-electron chi connectivity index (χ2n) is 8.26. The first-order chi connectivity index (χ1) is 11.6. The van der Waals surface area contributed by atoms with E-state index in [1.807, 2.05) is 0 Å². The molecule has 0 atom stereocenters. The van der Waals surface area contributed by atoms with Gasteiger partial charge in [0.1, 0.15) is 0 Å². The Morgan fingerprint density at radius 1 is 0.875 bits per heavy atom. The van der Waals surface area contributed by atoms with Crippen molar-refractivity contribution in [3.05, 3.63) is 35.4 Å². The molecule has 4 nitrogen and oxygen atoms in total. The van der Waals surface area contributed by atoms with Gasteiger partial charge >= 0.3 is 5.97 Å². The van der Waals surface area contributed by atoms with E-state index in [2.05, 4.69) is 0 Å². The summed E-state index contributed by atoms with van der Waals surface area (Å²) in [4.78, 5) is 37.9. The highest BCUT2D eigenvalue weighted by Gasteiger charge is 2.56. The summed E-state index contributed by atoms with van der Waals surface area (Å²) in [6.07, 6.45) is 5.07. The lowest BCUT2D eigenvalue weighted by Crippen LogP contribution is -2.51. The van der Waals surface area contributed by atoms with Crippen LogP contribution in [-0.2, 0) is 9.53 Å². The zero-order valence-electron chi connectivity index (χ0n) is 13.5. The number of carbonyl (C=O) groups excluding carboxylic acids is 3. The van der Waals surface area contributed by atoms with Gasteiger partial charge in [-0.15, -0.1) is 0 Å². The number of Topliss-reactive ketones (excluding diaryl/α,β-unsaturated/α-hetero) is 2. The molecule has 4 fully saturated rings. The molecule has 4 bridgehead atoms. The molecule has 0 heterocycles. The predicted octanol–water partition coefficient (Wildman–Crippen LogP) is 3.19. The molecule has 6 rings (SSSR count). The lowest BCUT2D eigenvalue weighted by Gasteiger charge is -2.55. The van der Waals surface area contributed by atoms with Gasteiger partial charge in [-0.25, -0.2) is 0 Å². The maximum absolute atomic E-state index is 13.0. The molecule has 0 amide bonds. The van der Waals surface area contributed by atoms with Crippen LogP contribution in [-0.4, -0.2) is 23.6 Å². The molecule has 0 spiro atoms. The summed E-state index contributed by atoms with van der Waals surface area (Å²) in [5, 5.41) is 0. The molecule has 1 aromatic carbocycles. The number of ether oxygens (including phenoxy) is 1. The van der Waals surface area contributed by atoms with Crippen molar-refractivity contribution >= 4 is 17.5 Å². The minimum Gasteiger partial charge on any atom is -0.445 e. The summed E-state index contributed by atoms with van der Waals surface area (Å²) < 4.78 is 5.57. The second kappa shape index (κ2) is 4.78. The molecule has 0 saturated heterocycles. The van der Waals surface area contributed by atoms with Crippen molar-refractivity contribution in [1.29, 1.82) is 0 Å². The molecule has 0 unspecified atom stereocenters. The largest absolute Gasteiger partial charge is 0.445 e. The monoisotopic (exact) mass is 324 g/mol. The first-order valence-electron chi connectivity index (χ1n) is 8.94. The van der Waals surface area contributed by atoms with Crippen molar-refractivity contribution in [3.8, 4) is 0 Å². The highest BCUT2D eigenvalue weighted by atomic mass is 16.6. The number of hydrogen-bond acceptors (Lipinski definition) is 4. The topological polar surface area (TPSA) is 60.4 Å². The van der Waals surface area contributed by atoms with Gasteiger partial charge in [-0.2, -0.15) is 0 Å². The van der Waals surface area contributed by atoms with Crippen LogP contribution >= 0.6 is 0 Å².